The first kappa shape index (κ1) is 24.0. The van der Waals surface area contributed by atoms with Crippen LogP contribution in [0.5, 0.6) is 0 Å². The topological polar surface area (TPSA) is 151 Å². The molecule has 1 aromatic heterocycles. The number of amides is 2. The second-order valence-electron chi connectivity index (χ2n) is 6.84. The summed E-state index contributed by atoms with van der Waals surface area (Å²) < 4.78 is 1.48. The number of carboxylic acid groups (broad SMARTS) is 1. The summed E-state index contributed by atoms with van der Waals surface area (Å²) in [6.07, 6.45) is -1.42. The van der Waals surface area contributed by atoms with Crippen LogP contribution in [0.15, 0.2) is 46.8 Å². The van der Waals surface area contributed by atoms with Gasteiger partial charge in [0.25, 0.3) is 11.8 Å². The van der Waals surface area contributed by atoms with Crippen molar-refractivity contribution in [1.82, 2.24) is 30.4 Å². The highest BCUT2D eigenvalue weighted by molar-refractivity contribution is 8.01. The molecular weight excluding hydrogens is 480 g/mol. The number of aromatic nitrogens is 4. The zero-order chi connectivity index (χ0) is 22.1. The zero-order valence-electron chi connectivity index (χ0n) is 16.6. The van der Waals surface area contributed by atoms with Gasteiger partial charge in [0.15, 0.2) is 6.10 Å². The van der Waals surface area contributed by atoms with E-state index < -0.39 is 35.3 Å². The van der Waals surface area contributed by atoms with Gasteiger partial charge in [0, 0.05) is 18.6 Å². The fraction of sp³-hybridized carbons (Fsp3) is 0.333. The monoisotopic (exact) mass is 498 g/mol. The summed E-state index contributed by atoms with van der Waals surface area (Å²) >= 11 is 2.64. The van der Waals surface area contributed by atoms with Crippen LogP contribution in [0.3, 0.4) is 0 Å². The second kappa shape index (κ2) is 9.90. The smallest absolute Gasteiger partial charge is 0.352 e. The summed E-state index contributed by atoms with van der Waals surface area (Å²) in [6, 6.07) is 7.46. The maximum atomic E-state index is 12.7. The van der Waals surface area contributed by atoms with Crippen molar-refractivity contribution in [2.75, 3.05) is 11.5 Å². The Bertz CT molecular complexity index is 1070. The Hall–Kier alpha value is -2.61. The number of nitrogens with one attached hydrogen (secondary N) is 1. The van der Waals surface area contributed by atoms with Crippen molar-refractivity contribution in [3.05, 3.63) is 47.2 Å². The van der Waals surface area contributed by atoms with Gasteiger partial charge in [-0.05, 0) is 21.6 Å². The normalized spacial score (nSPS) is 20.7. The maximum Gasteiger partial charge on any atom is 0.352 e. The molecule has 1 unspecified atom stereocenters. The Morgan fingerprint density at radius 2 is 2.06 bits per heavy atom. The quantitative estimate of drug-likeness (QED) is 0.356. The molecular formula is C18H19ClN6O5S2. The highest BCUT2D eigenvalue weighted by Crippen LogP contribution is 2.41. The molecule has 2 aromatic rings. The number of fused-ring (bicyclic) bond motifs is 1. The van der Waals surface area contributed by atoms with E-state index in [0.717, 1.165) is 0 Å². The molecule has 1 aromatic carbocycles. The molecule has 11 nitrogen and oxygen atoms in total. The first-order chi connectivity index (χ1) is 14.9. The van der Waals surface area contributed by atoms with Gasteiger partial charge in [-0.1, -0.05) is 42.1 Å². The van der Waals surface area contributed by atoms with Gasteiger partial charge in [-0.3, -0.25) is 14.5 Å². The molecule has 3 N–H and O–H groups in total. The van der Waals surface area contributed by atoms with Crippen molar-refractivity contribution >= 4 is 53.7 Å². The van der Waals surface area contributed by atoms with Gasteiger partial charge in [0.05, 0.1) is 0 Å². The van der Waals surface area contributed by atoms with Crippen LogP contribution in [0.1, 0.15) is 11.7 Å². The molecule has 170 valence electrons. The number of benzene rings is 1. The summed E-state index contributed by atoms with van der Waals surface area (Å²) in [5.41, 5.74) is 0.901. The Kier molecular flexibility index (Phi) is 7.44. The van der Waals surface area contributed by atoms with Crippen molar-refractivity contribution < 1.29 is 24.6 Å². The molecule has 0 spiro atoms. The SMILES string of the molecule is Cl.Cn1nnnc1SCC1=C(C(=O)O)N2C(=O)[C@@H](NC(=O)C(O)c3ccccc3)[C@H]2SC1. The number of carboxylic acids is 1. The number of halogens is 1. The molecule has 0 radical (unpaired) electrons. The van der Waals surface area contributed by atoms with Gasteiger partial charge in [-0.2, -0.15) is 0 Å². The predicted molar refractivity (Wildman–Crippen MR) is 118 cm³/mol. The molecule has 2 aliphatic rings. The van der Waals surface area contributed by atoms with Crippen LogP contribution in [-0.2, 0) is 21.4 Å². The van der Waals surface area contributed by atoms with Gasteiger partial charge in [-0.15, -0.1) is 29.3 Å². The van der Waals surface area contributed by atoms with Crippen molar-refractivity contribution in [1.29, 1.82) is 0 Å². The highest BCUT2D eigenvalue weighted by Gasteiger charge is 2.54. The number of tetrazole rings is 1. The van der Waals surface area contributed by atoms with E-state index >= 15 is 0 Å². The van der Waals surface area contributed by atoms with Gasteiger partial charge >= 0.3 is 5.97 Å². The summed E-state index contributed by atoms with van der Waals surface area (Å²) in [6.45, 7) is 0. The van der Waals surface area contributed by atoms with E-state index in [4.69, 9.17) is 0 Å². The molecule has 32 heavy (non-hydrogen) atoms. The summed E-state index contributed by atoms with van der Waals surface area (Å²) in [4.78, 5) is 38.2. The van der Waals surface area contributed by atoms with Gasteiger partial charge in [-0.25, -0.2) is 9.48 Å². The average Bonchev–Trinajstić information content (AvgIpc) is 3.19. The van der Waals surface area contributed by atoms with Crippen LogP contribution in [0.2, 0.25) is 0 Å². The standard InChI is InChI=1S/C18H18N6O5S2.ClH/c1-23-18(20-21-22-23)31-8-10-7-30-16-11(15(27)24(16)12(10)17(28)29)19-14(26)13(25)9-5-3-2-4-6-9;/h2-6,11,13,16,25H,7-8H2,1H3,(H,19,26)(H,28,29);1H/t11-,13?,16-;/m1./s1. The van der Waals surface area contributed by atoms with Crippen LogP contribution >= 0.6 is 35.9 Å². The average molecular weight is 499 g/mol. The Morgan fingerprint density at radius 3 is 2.69 bits per heavy atom. The molecule has 2 aliphatic heterocycles. The first-order valence-corrected chi connectivity index (χ1v) is 11.2. The minimum absolute atomic E-state index is 0. The number of aliphatic hydroxyl groups excluding tert-OH is 1. The number of aryl methyl sites for hydroxylation is 1. The van der Waals surface area contributed by atoms with Gasteiger partial charge in [0.2, 0.25) is 5.16 Å². The number of carbonyl (C=O) groups excluding carboxylic acids is 2. The Balaban J connectivity index is 0.00000289. The molecule has 1 saturated heterocycles. The lowest BCUT2D eigenvalue weighted by molar-refractivity contribution is -0.151. The lowest BCUT2D eigenvalue weighted by atomic mass is 10.0. The van der Waals surface area contributed by atoms with E-state index in [1.165, 1.54) is 33.1 Å². The molecule has 14 heteroatoms. The van der Waals surface area contributed by atoms with E-state index in [1.54, 1.807) is 37.4 Å². The fourth-order valence-corrected chi connectivity index (χ4v) is 5.64. The van der Waals surface area contributed by atoms with Crippen LogP contribution in [0.25, 0.3) is 0 Å². The Morgan fingerprint density at radius 1 is 1.34 bits per heavy atom. The van der Waals surface area contributed by atoms with E-state index in [0.29, 0.717) is 27.8 Å². The third-order valence-corrected chi connectivity index (χ3v) is 7.30. The number of carbonyl (C=O) groups is 3. The number of aliphatic hydroxyl groups is 1. The third kappa shape index (κ3) is 4.46. The molecule has 2 amide bonds. The third-order valence-electron chi connectivity index (χ3n) is 4.87. The van der Waals surface area contributed by atoms with E-state index in [1.807, 2.05) is 0 Å². The van der Waals surface area contributed by atoms with E-state index in [2.05, 4.69) is 20.8 Å². The predicted octanol–water partition coefficient (Wildman–Crippen LogP) is 0.196. The molecule has 3 heterocycles. The molecule has 0 aliphatic carbocycles. The fourth-order valence-electron chi connectivity index (χ4n) is 3.31. The number of rotatable bonds is 7. The van der Waals surface area contributed by atoms with E-state index in [-0.39, 0.29) is 18.1 Å². The number of thioether (sulfide) groups is 2. The minimum Gasteiger partial charge on any atom is -0.477 e. The molecule has 1 fully saturated rings. The van der Waals surface area contributed by atoms with Crippen molar-refractivity contribution in [3.63, 3.8) is 0 Å². The zero-order valence-corrected chi connectivity index (χ0v) is 19.1. The maximum absolute atomic E-state index is 12.7. The lowest BCUT2D eigenvalue weighted by Crippen LogP contribution is -2.70. The molecule has 4 rings (SSSR count). The van der Waals surface area contributed by atoms with Crippen LogP contribution in [-0.4, -0.2) is 76.0 Å². The van der Waals surface area contributed by atoms with Crippen LogP contribution < -0.4 is 5.32 Å². The molecule has 0 bridgehead atoms. The number of nitrogens with zero attached hydrogens (tertiary/aromatic N) is 5. The number of hydrogen-bond acceptors (Lipinski definition) is 9. The number of aliphatic carboxylic acids is 1. The van der Waals surface area contributed by atoms with Gasteiger partial charge in [0.1, 0.15) is 17.1 Å². The highest BCUT2D eigenvalue weighted by atomic mass is 35.5. The summed E-state index contributed by atoms with van der Waals surface area (Å²) in [5.74, 6) is -1.75. The molecule has 3 atom stereocenters. The van der Waals surface area contributed by atoms with Gasteiger partial charge < -0.3 is 15.5 Å². The second-order valence-corrected chi connectivity index (χ2v) is 8.89. The lowest BCUT2D eigenvalue weighted by Gasteiger charge is -2.49. The minimum atomic E-state index is -1.42. The first-order valence-electron chi connectivity index (χ1n) is 9.17. The van der Waals surface area contributed by atoms with Crippen LogP contribution in [0, 0.1) is 0 Å². The number of hydrogen-bond donors (Lipinski definition) is 3. The Labute approximate surface area is 197 Å². The largest absolute Gasteiger partial charge is 0.477 e. The summed E-state index contributed by atoms with van der Waals surface area (Å²) in [5, 5.41) is 33.6. The van der Waals surface area contributed by atoms with Crippen molar-refractivity contribution in [2.45, 2.75) is 22.7 Å². The summed E-state index contributed by atoms with van der Waals surface area (Å²) in [7, 11) is 1.68. The van der Waals surface area contributed by atoms with Crippen molar-refractivity contribution in [3.8, 4) is 0 Å². The van der Waals surface area contributed by atoms with E-state index in [9.17, 15) is 24.6 Å². The van der Waals surface area contributed by atoms with Crippen molar-refractivity contribution in [2.24, 2.45) is 7.05 Å². The van der Waals surface area contributed by atoms with Crippen LogP contribution in [0.4, 0.5) is 0 Å². The molecule has 0 saturated carbocycles. The number of β-lactam (4-membered cyclic amide) rings is 1.